The van der Waals surface area contributed by atoms with Gasteiger partial charge in [0, 0.05) is 17.2 Å². The maximum atomic E-state index is 12.3. The summed E-state index contributed by atoms with van der Waals surface area (Å²) >= 11 is 0. The van der Waals surface area contributed by atoms with E-state index in [1.54, 1.807) is 19.1 Å². The molecule has 1 aromatic heterocycles. The molecule has 2 N–H and O–H groups in total. The Morgan fingerprint density at radius 3 is 2.62 bits per heavy atom. The monoisotopic (exact) mass is 330 g/mol. The van der Waals surface area contributed by atoms with Crippen molar-refractivity contribution in [2.75, 3.05) is 7.11 Å². The minimum absolute atomic E-state index is 0.00498. The quantitative estimate of drug-likeness (QED) is 0.657. The largest absolute Gasteiger partial charge is 0.504 e. The molecular formula is C17H14O7. The van der Waals surface area contributed by atoms with Gasteiger partial charge in [0.1, 0.15) is 23.7 Å². The zero-order chi connectivity index (χ0) is 17.4. The smallest absolute Gasteiger partial charge is 0.348 e. The Balaban J connectivity index is 2.40. The molecule has 1 aliphatic rings. The third-order valence-corrected chi connectivity index (χ3v) is 3.76. The minimum atomic E-state index is -0.752. The van der Waals surface area contributed by atoms with Crippen LogP contribution in [0.4, 0.5) is 0 Å². The summed E-state index contributed by atoms with van der Waals surface area (Å²) in [7, 11) is 1.25. The van der Waals surface area contributed by atoms with E-state index in [4.69, 9.17) is 13.9 Å². The van der Waals surface area contributed by atoms with E-state index in [1.807, 2.05) is 0 Å². The predicted molar refractivity (Wildman–Crippen MR) is 84.7 cm³/mol. The van der Waals surface area contributed by atoms with E-state index in [-0.39, 0.29) is 46.1 Å². The summed E-state index contributed by atoms with van der Waals surface area (Å²) in [6, 6.07) is 1.50. The second-order valence-electron chi connectivity index (χ2n) is 5.08. The number of phenolic OH excluding ortho intramolecular Hbond substituents is 2. The van der Waals surface area contributed by atoms with Gasteiger partial charge in [-0.05, 0) is 13.0 Å². The number of hydrogen-bond acceptors (Lipinski definition) is 7. The number of phenols is 2. The molecule has 3 rings (SSSR count). The summed E-state index contributed by atoms with van der Waals surface area (Å²) < 4.78 is 15.7. The Bertz CT molecular complexity index is 922. The van der Waals surface area contributed by atoms with Gasteiger partial charge < -0.3 is 24.1 Å². The fraction of sp³-hybridized carbons (Fsp3) is 0.176. The molecule has 0 fully saturated rings. The Hall–Kier alpha value is -3.22. The number of allylic oxidation sites excluding steroid dienone is 1. The fourth-order valence-electron chi connectivity index (χ4n) is 2.74. The maximum Gasteiger partial charge on any atom is 0.348 e. The molecule has 0 saturated heterocycles. The highest BCUT2D eigenvalue weighted by molar-refractivity contribution is 5.93. The van der Waals surface area contributed by atoms with Crippen molar-refractivity contribution in [3.05, 3.63) is 39.4 Å². The third-order valence-electron chi connectivity index (χ3n) is 3.76. The molecule has 0 amide bonds. The van der Waals surface area contributed by atoms with Crippen LogP contribution in [0.15, 0.2) is 21.4 Å². The minimum Gasteiger partial charge on any atom is -0.504 e. The van der Waals surface area contributed by atoms with Gasteiger partial charge in [-0.3, -0.25) is 4.79 Å². The lowest BCUT2D eigenvalue weighted by atomic mass is 9.92. The highest BCUT2D eigenvalue weighted by Crippen LogP contribution is 2.51. The molecular weight excluding hydrogens is 316 g/mol. The average molecular weight is 330 g/mol. The Labute approximate surface area is 136 Å². The Morgan fingerprint density at radius 2 is 2.00 bits per heavy atom. The van der Waals surface area contributed by atoms with E-state index in [9.17, 15) is 19.8 Å². The number of fused-ring (bicyclic) bond motifs is 3. The Kier molecular flexibility index (Phi) is 3.76. The number of aldehydes is 1. The second kappa shape index (κ2) is 5.77. The summed E-state index contributed by atoms with van der Waals surface area (Å²) in [6.07, 6.45) is 3.75. The first-order chi connectivity index (χ1) is 11.5. The highest BCUT2D eigenvalue weighted by atomic mass is 16.5. The summed E-state index contributed by atoms with van der Waals surface area (Å²) in [4.78, 5) is 23.8. The van der Waals surface area contributed by atoms with E-state index in [0.29, 0.717) is 6.29 Å². The van der Waals surface area contributed by atoms with Crippen molar-refractivity contribution in [2.24, 2.45) is 0 Å². The molecule has 0 spiro atoms. The lowest BCUT2D eigenvalue weighted by Crippen LogP contribution is -2.16. The molecule has 24 heavy (non-hydrogen) atoms. The molecule has 7 heteroatoms. The van der Waals surface area contributed by atoms with Crippen LogP contribution in [0, 0.1) is 0 Å². The van der Waals surface area contributed by atoms with Gasteiger partial charge in [-0.15, -0.1) is 0 Å². The van der Waals surface area contributed by atoms with Gasteiger partial charge in [-0.2, -0.15) is 0 Å². The van der Waals surface area contributed by atoms with Crippen molar-refractivity contribution in [2.45, 2.75) is 13.5 Å². The van der Waals surface area contributed by atoms with Gasteiger partial charge in [0.25, 0.3) is 0 Å². The lowest BCUT2D eigenvalue weighted by Gasteiger charge is -2.23. The standard InChI is InChI=1S/C17H14O7/c1-3-4-8-5-11-13(17(21)24-8)12-10(7-23-11)9(6-18)16(22-2)15(20)14(12)19/h3-6,19-20H,7H2,1-2H3/b4-3+. The van der Waals surface area contributed by atoms with Crippen molar-refractivity contribution < 1.29 is 28.9 Å². The number of carbonyl (C=O) groups is 1. The molecule has 0 radical (unpaired) electrons. The van der Waals surface area contributed by atoms with Crippen LogP contribution in [0.3, 0.4) is 0 Å². The van der Waals surface area contributed by atoms with Gasteiger partial charge >= 0.3 is 5.63 Å². The van der Waals surface area contributed by atoms with E-state index >= 15 is 0 Å². The van der Waals surface area contributed by atoms with Crippen LogP contribution >= 0.6 is 0 Å². The van der Waals surface area contributed by atoms with E-state index in [1.165, 1.54) is 13.2 Å². The zero-order valence-electron chi connectivity index (χ0n) is 13.0. The fourth-order valence-corrected chi connectivity index (χ4v) is 2.74. The van der Waals surface area contributed by atoms with Crippen molar-refractivity contribution in [3.8, 4) is 34.1 Å². The number of hydrogen-bond donors (Lipinski definition) is 2. The van der Waals surface area contributed by atoms with Crippen molar-refractivity contribution in [3.63, 3.8) is 0 Å². The third kappa shape index (κ3) is 2.13. The first-order valence-electron chi connectivity index (χ1n) is 7.07. The average Bonchev–Trinajstić information content (AvgIpc) is 2.57. The summed E-state index contributed by atoms with van der Waals surface area (Å²) in [5, 5.41) is 20.4. The van der Waals surface area contributed by atoms with Crippen molar-refractivity contribution in [1.29, 1.82) is 0 Å². The topological polar surface area (TPSA) is 106 Å². The number of aromatic hydroxyl groups is 2. The van der Waals surface area contributed by atoms with Gasteiger partial charge in [0.05, 0.1) is 12.7 Å². The number of ether oxygens (including phenoxy) is 2. The molecule has 1 aromatic carbocycles. The molecule has 0 unspecified atom stereocenters. The molecule has 124 valence electrons. The van der Waals surface area contributed by atoms with Crippen LogP contribution in [-0.4, -0.2) is 23.6 Å². The highest BCUT2D eigenvalue weighted by Gasteiger charge is 2.32. The molecule has 0 atom stereocenters. The van der Waals surface area contributed by atoms with Crippen LogP contribution in [0.2, 0.25) is 0 Å². The van der Waals surface area contributed by atoms with Crippen LogP contribution in [0.5, 0.6) is 23.0 Å². The molecule has 2 heterocycles. The predicted octanol–water partition coefficient (Wildman–Crippen LogP) is 2.46. The number of benzene rings is 1. The van der Waals surface area contributed by atoms with E-state index in [2.05, 4.69) is 0 Å². The molecule has 0 saturated carbocycles. The van der Waals surface area contributed by atoms with Crippen LogP contribution < -0.4 is 15.1 Å². The summed E-state index contributed by atoms with van der Waals surface area (Å²) in [6.45, 7) is 1.70. The van der Waals surface area contributed by atoms with Gasteiger partial charge in [0.2, 0.25) is 5.75 Å². The van der Waals surface area contributed by atoms with Crippen LogP contribution in [0.1, 0.15) is 28.6 Å². The zero-order valence-corrected chi connectivity index (χ0v) is 13.0. The summed E-state index contributed by atoms with van der Waals surface area (Å²) in [5.74, 6) is -0.879. The van der Waals surface area contributed by atoms with Crippen molar-refractivity contribution in [1.82, 2.24) is 0 Å². The van der Waals surface area contributed by atoms with E-state index < -0.39 is 17.1 Å². The number of carbonyl (C=O) groups excluding carboxylic acids is 1. The SMILES string of the molecule is C/C=C/c1cc2c(c(=O)o1)-c1c(O)c(O)c(OC)c(C=O)c1CO2. The van der Waals surface area contributed by atoms with Gasteiger partial charge in [0.15, 0.2) is 17.8 Å². The maximum absolute atomic E-state index is 12.3. The summed E-state index contributed by atoms with van der Waals surface area (Å²) in [5.41, 5.74) is -0.542. The van der Waals surface area contributed by atoms with E-state index in [0.717, 1.165) is 0 Å². The second-order valence-corrected chi connectivity index (χ2v) is 5.08. The van der Waals surface area contributed by atoms with Crippen LogP contribution in [0.25, 0.3) is 17.2 Å². The Morgan fingerprint density at radius 1 is 1.25 bits per heavy atom. The molecule has 1 aliphatic heterocycles. The van der Waals surface area contributed by atoms with Crippen LogP contribution in [-0.2, 0) is 6.61 Å². The molecule has 2 aromatic rings. The van der Waals surface area contributed by atoms with Crippen molar-refractivity contribution >= 4 is 12.4 Å². The molecule has 0 bridgehead atoms. The molecule has 7 nitrogen and oxygen atoms in total. The number of methoxy groups -OCH3 is 1. The first-order valence-corrected chi connectivity index (χ1v) is 7.07. The first kappa shape index (κ1) is 15.7. The molecule has 0 aliphatic carbocycles. The lowest BCUT2D eigenvalue weighted by molar-refractivity contribution is 0.111. The normalized spacial score (nSPS) is 12.4. The van der Waals surface area contributed by atoms with Gasteiger partial charge in [-0.25, -0.2) is 4.79 Å². The van der Waals surface area contributed by atoms with Gasteiger partial charge in [-0.1, -0.05) is 6.08 Å². The number of rotatable bonds is 3.